The van der Waals surface area contributed by atoms with E-state index >= 15 is 0 Å². The van der Waals surface area contributed by atoms with Gasteiger partial charge in [0.15, 0.2) is 0 Å². The number of rotatable bonds is 3. The van der Waals surface area contributed by atoms with Crippen LogP contribution in [-0.2, 0) is 0 Å². The molecule has 1 aromatic carbocycles. The van der Waals surface area contributed by atoms with Gasteiger partial charge in [0, 0.05) is 0 Å². The molecule has 0 spiro atoms. The topological polar surface area (TPSA) is 3.24 Å². The third-order valence-corrected chi connectivity index (χ3v) is 4.94. The third-order valence-electron chi connectivity index (χ3n) is 4.94. The van der Waals surface area contributed by atoms with E-state index in [2.05, 4.69) is 44.0 Å². The van der Waals surface area contributed by atoms with Crippen molar-refractivity contribution in [2.45, 2.75) is 57.3 Å². The molecule has 1 heteroatoms. The maximum Gasteiger partial charge on any atom is -0.00159 e. The fourth-order valence-corrected chi connectivity index (χ4v) is 3.46. The van der Waals surface area contributed by atoms with Crippen molar-refractivity contribution in [1.82, 2.24) is 4.90 Å². The van der Waals surface area contributed by atoms with Crippen molar-refractivity contribution in [2.24, 2.45) is 0 Å². The monoisotopic (exact) mass is 257 g/mol. The highest BCUT2D eigenvalue weighted by Gasteiger charge is 2.28. The molecule has 2 aliphatic rings. The molecule has 19 heavy (non-hydrogen) atoms. The van der Waals surface area contributed by atoms with Crippen LogP contribution in [0.1, 0.15) is 74.0 Å². The summed E-state index contributed by atoms with van der Waals surface area (Å²) in [5.41, 5.74) is 4.88. The lowest BCUT2D eigenvalue weighted by Gasteiger charge is -2.30. The van der Waals surface area contributed by atoms with Gasteiger partial charge < -0.3 is 4.90 Å². The van der Waals surface area contributed by atoms with E-state index < -0.39 is 0 Å². The molecule has 104 valence electrons. The first-order valence-corrected chi connectivity index (χ1v) is 7.97. The Hall–Kier alpha value is -0.820. The van der Waals surface area contributed by atoms with Crippen molar-refractivity contribution in [1.29, 1.82) is 0 Å². The van der Waals surface area contributed by atoms with Crippen molar-refractivity contribution in [3.63, 3.8) is 0 Å². The van der Waals surface area contributed by atoms with Crippen LogP contribution in [-0.4, -0.2) is 25.0 Å². The van der Waals surface area contributed by atoms with Crippen molar-refractivity contribution in [3.05, 3.63) is 34.9 Å². The van der Waals surface area contributed by atoms with Crippen LogP contribution in [0.5, 0.6) is 0 Å². The Labute approximate surface area is 118 Å². The molecule has 1 aromatic rings. The third kappa shape index (κ3) is 2.86. The summed E-state index contributed by atoms with van der Waals surface area (Å²) in [6.07, 6.45) is 5.50. The van der Waals surface area contributed by atoms with Crippen molar-refractivity contribution >= 4 is 0 Å². The van der Waals surface area contributed by atoms with E-state index in [1.165, 1.54) is 38.8 Å². The predicted molar refractivity (Wildman–Crippen MR) is 82.0 cm³/mol. The Kier molecular flexibility index (Phi) is 3.66. The molecule has 1 heterocycles. The number of likely N-dealkylation sites (tertiary alicyclic amines) is 1. The average Bonchev–Trinajstić information content (AvgIpc) is 3.23. The molecule has 2 fully saturated rings. The second-order valence-electron chi connectivity index (χ2n) is 6.89. The van der Waals surface area contributed by atoms with Crippen molar-refractivity contribution < 1.29 is 0 Å². The number of hydrogen-bond acceptors (Lipinski definition) is 1. The lowest BCUT2D eigenvalue weighted by atomic mass is 9.85. The molecule has 0 bridgehead atoms. The molecule has 0 N–H and O–H groups in total. The Morgan fingerprint density at radius 3 is 2.26 bits per heavy atom. The van der Waals surface area contributed by atoms with Gasteiger partial charge in [0.05, 0.1) is 0 Å². The Morgan fingerprint density at radius 1 is 1.00 bits per heavy atom. The number of benzene rings is 1. The second kappa shape index (κ2) is 5.28. The maximum absolute atomic E-state index is 2.56. The van der Waals surface area contributed by atoms with E-state index in [1.807, 2.05) is 0 Å². The molecule has 1 nitrogen and oxygen atoms in total. The van der Waals surface area contributed by atoms with Crippen LogP contribution in [0.25, 0.3) is 0 Å². The van der Waals surface area contributed by atoms with Crippen LogP contribution in [0.2, 0.25) is 0 Å². The summed E-state index contributed by atoms with van der Waals surface area (Å²) in [5.74, 6) is 2.35. The van der Waals surface area contributed by atoms with Gasteiger partial charge in [-0.25, -0.2) is 0 Å². The fourth-order valence-electron chi connectivity index (χ4n) is 3.46. The van der Waals surface area contributed by atoms with Crippen LogP contribution in [0.3, 0.4) is 0 Å². The summed E-state index contributed by atoms with van der Waals surface area (Å²) in [6, 6.07) is 7.40. The summed E-state index contributed by atoms with van der Waals surface area (Å²) < 4.78 is 0. The molecular weight excluding hydrogens is 230 g/mol. The molecule has 1 saturated heterocycles. The zero-order chi connectivity index (χ0) is 13.4. The Morgan fingerprint density at radius 2 is 1.68 bits per heavy atom. The fraction of sp³-hybridized carbons (Fsp3) is 0.667. The minimum Gasteiger partial charge on any atom is -0.306 e. The van der Waals surface area contributed by atoms with E-state index in [0.717, 1.165) is 11.8 Å². The first-order chi connectivity index (χ1) is 9.15. The first kappa shape index (κ1) is 13.2. The van der Waals surface area contributed by atoms with Crippen LogP contribution in [0.4, 0.5) is 0 Å². The van der Waals surface area contributed by atoms with Crippen molar-refractivity contribution in [2.75, 3.05) is 20.1 Å². The zero-order valence-corrected chi connectivity index (χ0v) is 12.7. The van der Waals surface area contributed by atoms with Crippen LogP contribution in [0.15, 0.2) is 18.2 Å². The quantitative estimate of drug-likeness (QED) is 0.771. The van der Waals surface area contributed by atoms with E-state index in [-0.39, 0.29) is 0 Å². The lowest BCUT2D eigenvalue weighted by Crippen LogP contribution is -2.29. The highest BCUT2D eigenvalue weighted by atomic mass is 15.1. The molecule has 0 radical (unpaired) electrons. The zero-order valence-electron chi connectivity index (χ0n) is 12.7. The molecule has 1 aliphatic heterocycles. The lowest BCUT2D eigenvalue weighted by molar-refractivity contribution is 0.255. The Bertz CT molecular complexity index is 437. The maximum atomic E-state index is 2.56. The summed E-state index contributed by atoms with van der Waals surface area (Å²) in [7, 11) is 2.24. The van der Waals surface area contributed by atoms with Gasteiger partial charge in [-0.2, -0.15) is 0 Å². The summed E-state index contributed by atoms with van der Waals surface area (Å²) in [4.78, 5) is 2.46. The molecule has 0 amide bonds. The molecule has 3 rings (SSSR count). The largest absolute Gasteiger partial charge is 0.306 e. The highest BCUT2D eigenvalue weighted by molar-refractivity contribution is 5.40. The standard InChI is InChI=1S/C18H27N/c1-13(2)17-7-6-16(12-18(17)15-4-5-15)14-8-10-19(3)11-9-14/h6-7,12-15H,4-5,8-11H2,1-3H3. The van der Waals surface area contributed by atoms with Gasteiger partial charge >= 0.3 is 0 Å². The second-order valence-corrected chi connectivity index (χ2v) is 6.89. The number of hydrogen-bond donors (Lipinski definition) is 0. The molecule has 0 atom stereocenters. The smallest absolute Gasteiger partial charge is 0.00159 e. The Balaban J connectivity index is 1.84. The minimum atomic E-state index is 0.669. The molecular formula is C18H27N. The molecule has 0 aromatic heterocycles. The molecule has 0 unspecified atom stereocenters. The van der Waals surface area contributed by atoms with Crippen LogP contribution in [0, 0.1) is 0 Å². The highest BCUT2D eigenvalue weighted by Crippen LogP contribution is 2.44. The minimum absolute atomic E-state index is 0.669. The summed E-state index contributed by atoms with van der Waals surface area (Å²) in [6.45, 7) is 7.18. The summed E-state index contributed by atoms with van der Waals surface area (Å²) in [5, 5.41) is 0. The van der Waals surface area contributed by atoms with Crippen molar-refractivity contribution in [3.8, 4) is 0 Å². The van der Waals surface area contributed by atoms with Crippen LogP contribution < -0.4 is 0 Å². The SMILES string of the molecule is CC(C)c1ccc(C2CCN(C)CC2)cc1C1CC1. The van der Waals surface area contributed by atoms with Gasteiger partial charge in [0.2, 0.25) is 0 Å². The average molecular weight is 257 g/mol. The number of piperidine rings is 1. The van der Waals surface area contributed by atoms with E-state index in [1.54, 1.807) is 16.7 Å². The first-order valence-electron chi connectivity index (χ1n) is 7.97. The van der Waals surface area contributed by atoms with Gasteiger partial charge in [0.1, 0.15) is 0 Å². The van der Waals surface area contributed by atoms with E-state index in [4.69, 9.17) is 0 Å². The van der Waals surface area contributed by atoms with E-state index in [9.17, 15) is 0 Å². The summed E-state index contributed by atoms with van der Waals surface area (Å²) >= 11 is 0. The predicted octanol–water partition coefficient (Wildman–Crippen LogP) is 4.50. The van der Waals surface area contributed by atoms with E-state index in [0.29, 0.717) is 5.92 Å². The van der Waals surface area contributed by atoms with Gasteiger partial charge in [-0.15, -0.1) is 0 Å². The van der Waals surface area contributed by atoms with Gasteiger partial charge in [-0.1, -0.05) is 32.0 Å². The number of nitrogens with zero attached hydrogens (tertiary/aromatic N) is 1. The van der Waals surface area contributed by atoms with Gasteiger partial charge in [-0.05, 0) is 80.3 Å². The normalized spacial score (nSPS) is 22.1. The van der Waals surface area contributed by atoms with Crippen LogP contribution >= 0.6 is 0 Å². The van der Waals surface area contributed by atoms with Gasteiger partial charge in [0.25, 0.3) is 0 Å². The molecule has 1 aliphatic carbocycles. The van der Waals surface area contributed by atoms with Gasteiger partial charge in [-0.3, -0.25) is 0 Å². The molecule has 1 saturated carbocycles.